The first kappa shape index (κ1) is 5.48. The van der Waals surface area contributed by atoms with E-state index in [1.54, 1.807) is 5.57 Å². The van der Waals surface area contributed by atoms with Gasteiger partial charge in [0, 0.05) is 0 Å². The lowest BCUT2D eigenvalue weighted by atomic mass is 10.1. The zero-order valence-corrected chi connectivity index (χ0v) is 5.60. The summed E-state index contributed by atoms with van der Waals surface area (Å²) >= 11 is 0. The first-order chi connectivity index (χ1) is 4.47. The lowest BCUT2D eigenvalue weighted by Gasteiger charge is -2.17. The third kappa shape index (κ3) is 0.897. The van der Waals surface area contributed by atoms with Crippen molar-refractivity contribution >= 4 is 0 Å². The number of hydrogen-bond donors (Lipinski definition) is 0. The topological polar surface area (TPSA) is 9.23 Å². The molecule has 1 aliphatic carbocycles. The van der Waals surface area contributed by atoms with Gasteiger partial charge in [0.25, 0.3) is 0 Å². The Morgan fingerprint density at radius 1 is 1.56 bits per heavy atom. The van der Waals surface area contributed by atoms with Crippen LogP contribution in [0.2, 0.25) is 0 Å². The lowest BCUT2D eigenvalue weighted by Crippen LogP contribution is -2.14. The van der Waals surface area contributed by atoms with Crippen LogP contribution in [-0.2, 0) is 4.74 Å². The van der Waals surface area contributed by atoms with E-state index in [9.17, 15) is 0 Å². The van der Waals surface area contributed by atoms with Crippen molar-refractivity contribution in [2.75, 3.05) is 6.61 Å². The third-order valence-electron chi connectivity index (χ3n) is 2.19. The maximum Gasteiger partial charge on any atom is 0.0785 e. The summed E-state index contributed by atoms with van der Waals surface area (Å²) in [7, 11) is 0. The number of fused-ring (bicyclic) bond motifs is 1. The molecule has 1 heteroatoms. The van der Waals surface area contributed by atoms with Crippen molar-refractivity contribution in [2.45, 2.75) is 31.8 Å². The average molecular weight is 124 g/mol. The molecule has 1 heterocycles. The minimum Gasteiger partial charge on any atom is -0.374 e. The van der Waals surface area contributed by atoms with Crippen molar-refractivity contribution < 1.29 is 4.74 Å². The predicted molar refractivity (Wildman–Crippen MR) is 36.3 cm³/mol. The molecule has 1 unspecified atom stereocenters. The summed E-state index contributed by atoms with van der Waals surface area (Å²) in [6.07, 6.45) is 7.94. The molecule has 0 spiro atoms. The predicted octanol–water partition coefficient (Wildman–Crippen LogP) is 1.89. The second-order valence-corrected chi connectivity index (χ2v) is 2.82. The van der Waals surface area contributed by atoms with Crippen molar-refractivity contribution in [2.24, 2.45) is 0 Å². The fourth-order valence-electron chi connectivity index (χ4n) is 1.72. The lowest BCUT2D eigenvalue weighted by molar-refractivity contribution is 0.0759. The quantitative estimate of drug-likeness (QED) is 0.448. The van der Waals surface area contributed by atoms with Crippen LogP contribution in [0, 0.1) is 0 Å². The maximum atomic E-state index is 5.53. The first-order valence-corrected chi connectivity index (χ1v) is 3.77. The van der Waals surface area contributed by atoms with Gasteiger partial charge in [0.05, 0.1) is 12.7 Å². The van der Waals surface area contributed by atoms with Crippen LogP contribution in [0.4, 0.5) is 0 Å². The van der Waals surface area contributed by atoms with Gasteiger partial charge in [-0.1, -0.05) is 6.08 Å². The minimum absolute atomic E-state index is 0.527. The first-order valence-electron chi connectivity index (χ1n) is 3.77. The number of rotatable bonds is 0. The van der Waals surface area contributed by atoms with Crippen LogP contribution >= 0.6 is 0 Å². The van der Waals surface area contributed by atoms with Crippen LogP contribution in [0.1, 0.15) is 25.7 Å². The van der Waals surface area contributed by atoms with Crippen LogP contribution in [0.5, 0.6) is 0 Å². The van der Waals surface area contributed by atoms with Crippen molar-refractivity contribution in [1.29, 1.82) is 0 Å². The fraction of sp³-hybridized carbons (Fsp3) is 0.750. The van der Waals surface area contributed by atoms with Gasteiger partial charge < -0.3 is 4.74 Å². The molecule has 0 amide bonds. The molecule has 2 aliphatic rings. The van der Waals surface area contributed by atoms with Crippen molar-refractivity contribution in [3.8, 4) is 0 Å². The summed E-state index contributed by atoms with van der Waals surface area (Å²) in [5, 5.41) is 0. The Morgan fingerprint density at radius 3 is 3.44 bits per heavy atom. The minimum atomic E-state index is 0.527. The molecule has 1 atom stereocenters. The molecule has 0 bridgehead atoms. The third-order valence-corrected chi connectivity index (χ3v) is 2.19. The smallest absolute Gasteiger partial charge is 0.0785 e. The molecule has 0 saturated heterocycles. The van der Waals surface area contributed by atoms with Crippen molar-refractivity contribution in [3.63, 3.8) is 0 Å². The van der Waals surface area contributed by atoms with Crippen molar-refractivity contribution in [1.82, 2.24) is 0 Å². The normalized spacial score (nSPS) is 33.8. The standard InChI is InChI=1S/C8H12O/c1-3-7-4-2-6-9-8(7)5-1/h4,8H,1-3,5-6H2. The van der Waals surface area contributed by atoms with E-state index in [1.807, 2.05) is 0 Å². The van der Waals surface area contributed by atoms with E-state index in [1.165, 1.54) is 19.3 Å². The van der Waals surface area contributed by atoms with E-state index in [0.29, 0.717) is 6.10 Å². The zero-order chi connectivity index (χ0) is 6.10. The van der Waals surface area contributed by atoms with E-state index in [0.717, 1.165) is 13.0 Å². The van der Waals surface area contributed by atoms with Gasteiger partial charge in [-0.2, -0.15) is 0 Å². The van der Waals surface area contributed by atoms with Crippen molar-refractivity contribution in [3.05, 3.63) is 11.6 Å². The number of hydrogen-bond acceptors (Lipinski definition) is 1. The Morgan fingerprint density at radius 2 is 2.56 bits per heavy atom. The second kappa shape index (κ2) is 2.14. The molecule has 0 aromatic rings. The molecule has 1 saturated carbocycles. The van der Waals surface area contributed by atoms with E-state index < -0.39 is 0 Å². The highest BCUT2D eigenvalue weighted by atomic mass is 16.5. The van der Waals surface area contributed by atoms with E-state index >= 15 is 0 Å². The maximum absolute atomic E-state index is 5.53. The highest BCUT2D eigenvalue weighted by molar-refractivity contribution is 5.14. The SMILES string of the molecule is C1=C2CCCC2OCC1. The molecule has 2 rings (SSSR count). The Hall–Kier alpha value is -0.300. The molecule has 0 aromatic heterocycles. The highest BCUT2D eigenvalue weighted by Crippen LogP contribution is 2.30. The molecular formula is C8H12O. The van der Waals surface area contributed by atoms with E-state index in [-0.39, 0.29) is 0 Å². The molecular weight excluding hydrogens is 112 g/mol. The largest absolute Gasteiger partial charge is 0.374 e. The van der Waals surface area contributed by atoms with Gasteiger partial charge in [-0.25, -0.2) is 0 Å². The van der Waals surface area contributed by atoms with Gasteiger partial charge in [-0.3, -0.25) is 0 Å². The zero-order valence-electron chi connectivity index (χ0n) is 5.60. The molecule has 0 aromatic carbocycles. The average Bonchev–Trinajstić information content (AvgIpc) is 2.33. The Balaban J connectivity index is 2.16. The molecule has 50 valence electrons. The van der Waals surface area contributed by atoms with Crippen LogP contribution in [0.25, 0.3) is 0 Å². The van der Waals surface area contributed by atoms with E-state index in [4.69, 9.17) is 4.74 Å². The van der Waals surface area contributed by atoms with Gasteiger partial charge >= 0.3 is 0 Å². The summed E-state index contributed by atoms with van der Waals surface area (Å²) in [5.74, 6) is 0. The molecule has 0 radical (unpaired) electrons. The Bertz CT molecular complexity index is 138. The molecule has 1 aliphatic heterocycles. The molecule has 0 N–H and O–H groups in total. The molecule has 9 heavy (non-hydrogen) atoms. The van der Waals surface area contributed by atoms with Gasteiger partial charge in [0.15, 0.2) is 0 Å². The Kier molecular flexibility index (Phi) is 1.31. The summed E-state index contributed by atoms with van der Waals surface area (Å²) in [4.78, 5) is 0. The van der Waals surface area contributed by atoms with Gasteiger partial charge in [-0.15, -0.1) is 0 Å². The monoisotopic (exact) mass is 124 g/mol. The summed E-state index contributed by atoms with van der Waals surface area (Å²) in [5.41, 5.74) is 1.57. The van der Waals surface area contributed by atoms with Crippen LogP contribution < -0.4 is 0 Å². The highest BCUT2D eigenvalue weighted by Gasteiger charge is 2.22. The van der Waals surface area contributed by atoms with Gasteiger partial charge in [-0.05, 0) is 31.3 Å². The molecule has 1 fully saturated rings. The fourth-order valence-corrected chi connectivity index (χ4v) is 1.72. The number of ether oxygens (including phenoxy) is 1. The van der Waals surface area contributed by atoms with Gasteiger partial charge in [0.1, 0.15) is 0 Å². The summed E-state index contributed by atoms with van der Waals surface area (Å²) in [6, 6.07) is 0. The van der Waals surface area contributed by atoms with Crippen LogP contribution in [-0.4, -0.2) is 12.7 Å². The summed E-state index contributed by atoms with van der Waals surface area (Å²) < 4.78 is 5.53. The van der Waals surface area contributed by atoms with Gasteiger partial charge in [0.2, 0.25) is 0 Å². The second-order valence-electron chi connectivity index (χ2n) is 2.82. The van der Waals surface area contributed by atoms with Crippen LogP contribution in [0.3, 0.4) is 0 Å². The Labute approximate surface area is 55.7 Å². The molecule has 1 nitrogen and oxygen atoms in total. The van der Waals surface area contributed by atoms with E-state index in [2.05, 4.69) is 6.08 Å². The summed E-state index contributed by atoms with van der Waals surface area (Å²) in [6.45, 7) is 0.953. The van der Waals surface area contributed by atoms with Crippen LogP contribution in [0.15, 0.2) is 11.6 Å².